The number of imidazole rings is 1. The predicted molar refractivity (Wildman–Crippen MR) is 129 cm³/mol. The molecule has 0 aliphatic rings. The zero-order chi connectivity index (χ0) is 25.7. The normalized spacial score (nSPS) is 14.3. The van der Waals surface area contributed by atoms with Crippen LogP contribution in [0.15, 0.2) is 12.5 Å². The van der Waals surface area contributed by atoms with E-state index in [9.17, 15) is 29.1 Å². The van der Waals surface area contributed by atoms with E-state index in [2.05, 4.69) is 38.5 Å². The highest BCUT2D eigenvalue weighted by atomic mass is 32.2. The van der Waals surface area contributed by atoms with Crippen molar-refractivity contribution in [2.75, 3.05) is 17.8 Å². The molecule has 190 valence electrons. The first-order valence-electron chi connectivity index (χ1n) is 10.3. The van der Waals surface area contributed by atoms with Gasteiger partial charge in [-0.25, -0.2) is 9.78 Å². The van der Waals surface area contributed by atoms with Crippen LogP contribution in [0.4, 0.5) is 0 Å². The number of hydrogen-bond donors (Lipinski definition) is 8. The van der Waals surface area contributed by atoms with Crippen LogP contribution in [0.5, 0.6) is 0 Å². The van der Waals surface area contributed by atoms with Gasteiger partial charge in [-0.15, -0.1) is 0 Å². The molecule has 0 aliphatic carbocycles. The van der Waals surface area contributed by atoms with Crippen molar-refractivity contribution in [2.45, 2.75) is 49.9 Å². The van der Waals surface area contributed by atoms with Crippen molar-refractivity contribution < 1.29 is 29.1 Å². The Morgan fingerprint density at radius 2 is 1.71 bits per heavy atom. The Hall–Kier alpha value is -2.78. The molecule has 0 saturated carbocycles. The van der Waals surface area contributed by atoms with Crippen LogP contribution in [0.25, 0.3) is 0 Å². The number of aliphatic carboxylic acids is 1. The van der Waals surface area contributed by atoms with Crippen molar-refractivity contribution in [1.82, 2.24) is 25.9 Å². The highest BCUT2D eigenvalue weighted by Crippen LogP contribution is 2.05. The molecule has 0 radical (unpaired) electrons. The molecule has 0 fully saturated rings. The SMILES string of the molecule is CSCCC(NC(=O)C(CS)NC(=O)C(N)CCC(N)=O)C(=O)NC(Cc1cnc[nH]1)C(=O)O. The molecule has 15 heteroatoms. The summed E-state index contributed by atoms with van der Waals surface area (Å²) in [5, 5.41) is 16.9. The van der Waals surface area contributed by atoms with Gasteiger partial charge in [-0.1, -0.05) is 0 Å². The monoisotopic (exact) mass is 517 g/mol. The van der Waals surface area contributed by atoms with E-state index in [0.29, 0.717) is 11.4 Å². The fourth-order valence-corrected chi connectivity index (χ4v) is 3.50. The van der Waals surface area contributed by atoms with Gasteiger partial charge in [-0.3, -0.25) is 19.2 Å². The lowest BCUT2D eigenvalue weighted by Crippen LogP contribution is -2.58. The zero-order valence-corrected chi connectivity index (χ0v) is 20.4. The third kappa shape index (κ3) is 10.4. The first-order valence-corrected chi connectivity index (χ1v) is 12.4. The Labute approximate surface area is 206 Å². The molecule has 0 aliphatic heterocycles. The van der Waals surface area contributed by atoms with Crippen LogP contribution in [0.1, 0.15) is 25.0 Å². The van der Waals surface area contributed by atoms with Gasteiger partial charge < -0.3 is 37.5 Å². The second-order valence-electron chi connectivity index (χ2n) is 7.38. The molecule has 9 N–H and O–H groups in total. The number of carbonyl (C=O) groups is 5. The Morgan fingerprint density at radius 1 is 1.09 bits per heavy atom. The third-order valence-electron chi connectivity index (χ3n) is 4.69. The van der Waals surface area contributed by atoms with E-state index in [1.807, 2.05) is 6.26 Å². The van der Waals surface area contributed by atoms with Crippen molar-refractivity contribution in [3.8, 4) is 0 Å². The molecule has 4 amide bonds. The molecule has 0 saturated heterocycles. The van der Waals surface area contributed by atoms with Crippen LogP contribution in [0, 0.1) is 0 Å². The lowest BCUT2D eigenvalue weighted by Gasteiger charge is -2.24. The summed E-state index contributed by atoms with van der Waals surface area (Å²) in [6, 6.07) is -4.46. The minimum Gasteiger partial charge on any atom is -0.480 e. The second kappa shape index (κ2) is 15.2. The van der Waals surface area contributed by atoms with Gasteiger partial charge in [-0.2, -0.15) is 24.4 Å². The maximum absolute atomic E-state index is 12.8. The Morgan fingerprint density at radius 3 is 2.24 bits per heavy atom. The number of nitrogens with one attached hydrogen (secondary N) is 4. The van der Waals surface area contributed by atoms with Gasteiger partial charge in [0.05, 0.1) is 12.4 Å². The topological polar surface area (TPSA) is 222 Å². The van der Waals surface area contributed by atoms with Gasteiger partial charge >= 0.3 is 5.97 Å². The summed E-state index contributed by atoms with van der Waals surface area (Å²) in [6.07, 6.45) is 4.77. The highest BCUT2D eigenvalue weighted by molar-refractivity contribution is 7.98. The number of carboxylic acids is 1. The number of thiol groups is 1. The van der Waals surface area contributed by atoms with Gasteiger partial charge in [0.15, 0.2) is 0 Å². The van der Waals surface area contributed by atoms with Crippen LogP contribution >= 0.6 is 24.4 Å². The molecule has 1 rings (SSSR count). The summed E-state index contributed by atoms with van der Waals surface area (Å²) < 4.78 is 0. The maximum Gasteiger partial charge on any atom is 0.326 e. The number of carboxylic acid groups (broad SMARTS) is 1. The number of amides is 4. The molecule has 34 heavy (non-hydrogen) atoms. The fourth-order valence-electron chi connectivity index (χ4n) is 2.77. The molecule has 1 heterocycles. The highest BCUT2D eigenvalue weighted by Gasteiger charge is 2.30. The molecular weight excluding hydrogens is 486 g/mol. The minimum absolute atomic E-state index is 0.00768. The molecule has 4 unspecified atom stereocenters. The van der Waals surface area contributed by atoms with Crippen LogP contribution in [-0.4, -0.2) is 86.6 Å². The molecule has 0 aromatic carbocycles. The largest absolute Gasteiger partial charge is 0.480 e. The van der Waals surface area contributed by atoms with E-state index in [1.54, 1.807) is 0 Å². The van der Waals surface area contributed by atoms with E-state index in [1.165, 1.54) is 24.3 Å². The summed E-state index contributed by atoms with van der Waals surface area (Å²) in [7, 11) is 0. The molecule has 0 bridgehead atoms. The lowest BCUT2D eigenvalue weighted by atomic mass is 10.1. The number of H-pyrrole nitrogens is 1. The number of carbonyl (C=O) groups excluding carboxylic acids is 4. The maximum atomic E-state index is 12.8. The average molecular weight is 518 g/mol. The molecule has 1 aromatic heterocycles. The molecule has 13 nitrogen and oxygen atoms in total. The Bertz CT molecular complexity index is 839. The Balaban J connectivity index is 2.82. The van der Waals surface area contributed by atoms with Gasteiger partial charge in [0, 0.05) is 30.5 Å². The summed E-state index contributed by atoms with van der Waals surface area (Å²) >= 11 is 5.52. The Kier molecular flexibility index (Phi) is 13.1. The number of aromatic amines is 1. The summed E-state index contributed by atoms with van der Waals surface area (Å²) in [4.78, 5) is 66.9. The van der Waals surface area contributed by atoms with Crippen LogP contribution < -0.4 is 27.4 Å². The van der Waals surface area contributed by atoms with Crippen molar-refractivity contribution >= 4 is 54.0 Å². The van der Waals surface area contributed by atoms with Gasteiger partial charge in [0.25, 0.3) is 0 Å². The number of hydrogen-bond acceptors (Lipinski definition) is 9. The van der Waals surface area contributed by atoms with Crippen molar-refractivity contribution in [3.63, 3.8) is 0 Å². The van der Waals surface area contributed by atoms with E-state index < -0.39 is 53.8 Å². The minimum atomic E-state index is -1.25. The van der Waals surface area contributed by atoms with E-state index in [0.717, 1.165) is 0 Å². The van der Waals surface area contributed by atoms with E-state index in [4.69, 9.17) is 11.5 Å². The summed E-state index contributed by atoms with van der Waals surface area (Å²) in [5.41, 5.74) is 11.3. The number of rotatable bonds is 16. The van der Waals surface area contributed by atoms with Crippen molar-refractivity contribution in [3.05, 3.63) is 18.2 Å². The average Bonchev–Trinajstić information content (AvgIpc) is 3.30. The van der Waals surface area contributed by atoms with Crippen LogP contribution in [0.2, 0.25) is 0 Å². The quantitative estimate of drug-likeness (QED) is 0.111. The van der Waals surface area contributed by atoms with Crippen molar-refractivity contribution in [2.24, 2.45) is 11.5 Å². The second-order valence-corrected chi connectivity index (χ2v) is 8.73. The van der Waals surface area contributed by atoms with E-state index in [-0.39, 0.29) is 31.4 Å². The van der Waals surface area contributed by atoms with Crippen LogP contribution in [-0.2, 0) is 30.4 Å². The standard InChI is InChI=1S/C19H31N7O6S2/c1-34-5-4-12(17(29)25-13(19(31)32)6-10-7-22-9-23-10)24-18(30)14(8-33)26-16(28)11(20)2-3-15(21)27/h7,9,11-14,33H,2-6,8,20H2,1H3,(H2,21,27)(H,22,23)(H,24,30)(H,25,29)(H,26,28)(H,31,32). The van der Waals surface area contributed by atoms with Gasteiger partial charge in [-0.05, 0) is 24.9 Å². The smallest absolute Gasteiger partial charge is 0.326 e. The number of primary amides is 1. The van der Waals surface area contributed by atoms with Gasteiger partial charge in [0.2, 0.25) is 23.6 Å². The molecule has 1 aromatic rings. The summed E-state index contributed by atoms with van der Waals surface area (Å²) in [6.45, 7) is 0. The molecule has 0 spiro atoms. The zero-order valence-electron chi connectivity index (χ0n) is 18.7. The number of thioether (sulfide) groups is 1. The summed E-state index contributed by atoms with van der Waals surface area (Å²) in [5.74, 6) is -3.49. The molecule has 4 atom stereocenters. The first kappa shape index (κ1) is 29.3. The number of nitrogens with two attached hydrogens (primary N) is 2. The first-order chi connectivity index (χ1) is 16.1. The molecular formula is C19H31N7O6S2. The lowest BCUT2D eigenvalue weighted by molar-refractivity contribution is -0.142. The fraction of sp³-hybridized carbons (Fsp3) is 0.579. The van der Waals surface area contributed by atoms with E-state index >= 15 is 0 Å². The third-order valence-corrected chi connectivity index (χ3v) is 5.70. The number of nitrogens with zero attached hydrogens (tertiary/aromatic N) is 1. The number of aromatic nitrogens is 2. The van der Waals surface area contributed by atoms with Gasteiger partial charge in [0.1, 0.15) is 18.1 Å². The predicted octanol–water partition coefficient (Wildman–Crippen LogP) is -2.23. The van der Waals surface area contributed by atoms with Crippen LogP contribution in [0.3, 0.4) is 0 Å². The van der Waals surface area contributed by atoms with Crippen molar-refractivity contribution in [1.29, 1.82) is 0 Å².